The number of thioether (sulfide) groups is 1. The Labute approximate surface area is 116 Å². The summed E-state index contributed by atoms with van der Waals surface area (Å²) in [5, 5.41) is 14.0. The zero-order valence-corrected chi connectivity index (χ0v) is 11.4. The van der Waals surface area contributed by atoms with Gasteiger partial charge in [-0.05, 0) is 37.1 Å². The van der Waals surface area contributed by atoms with Crippen LogP contribution in [0.5, 0.6) is 5.75 Å². The first kappa shape index (κ1) is 12.5. The lowest BCUT2D eigenvalue weighted by atomic mass is 10.2. The van der Waals surface area contributed by atoms with Crippen molar-refractivity contribution in [3.8, 4) is 17.2 Å². The van der Waals surface area contributed by atoms with Crippen LogP contribution in [-0.4, -0.2) is 20.5 Å². The number of benzene rings is 1. The Bertz CT molecular complexity index is 533. The molecule has 100 valence electrons. The SMILES string of the molecule is Oc1ccc(-c2nc(CSC3CCCC3)no2)cc1. The van der Waals surface area contributed by atoms with Gasteiger partial charge < -0.3 is 9.63 Å². The third-order valence-corrected chi connectivity index (χ3v) is 4.70. The minimum Gasteiger partial charge on any atom is -0.508 e. The Morgan fingerprint density at radius 1 is 1.21 bits per heavy atom. The maximum atomic E-state index is 9.24. The first-order valence-electron chi connectivity index (χ1n) is 6.55. The van der Waals surface area contributed by atoms with Crippen molar-refractivity contribution in [2.75, 3.05) is 0 Å². The third kappa shape index (κ3) is 3.10. The monoisotopic (exact) mass is 276 g/mol. The van der Waals surface area contributed by atoms with Gasteiger partial charge in [-0.1, -0.05) is 18.0 Å². The molecule has 1 N–H and O–H groups in total. The molecule has 2 aromatic rings. The average Bonchev–Trinajstić information content (AvgIpc) is 3.09. The predicted octanol–water partition coefficient (Wildman–Crippen LogP) is 3.62. The second-order valence-corrected chi connectivity index (χ2v) is 6.07. The van der Waals surface area contributed by atoms with Crippen LogP contribution in [0.2, 0.25) is 0 Å². The second-order valence-electron chi connectivity index (χ2n) is 4.78. The fourth-order valence-electron chi connectivity index (χ4n) is 2.28. The van der Waals surface area contributed by atoms with Gasteiger partial charge >= 0.3 is 0 Å². The van der Waals surface area contributed by atoms with E-state index < -0.39 is 0 Å². The molecular weight excluding hydrogens is 260 g/mol. The van der Waals surface area contributed by atoms with Crippen LogP contribution in [0.3, 0.4) is 0 Å². The van der Waals surface area contributed by atoms with Gasteiger partial charge in [0.1, 0.15) is 5.75 Å². The lowest BCUT2D eigenvalue weighted by Crippen LogP contribution is -1.95. The van der Waals surface area contributed by atoms with Crippen LogP contribution in [0.1, 0.15) is 31.5 Å². The number of hydrogen-bond acceptors (Lipinski definition) is 5. The summed E-state index contributed by atoms with van der Waals surface area (Å²) in [4.78, 5) is 4.39. The van der Waals surface area contributed by atoms with Crippen LogP contribution in [0.25, 0.3) is 11.5 Å². The Hall–Kier alpha value is -1.49. The van der Waals surface area contributed by atoms with Crippen molar-refractivity contribution in [2.24, 2.45) is 0 Å². The lowest BCUT2D eigenvalue weighted by Gasteiger charge is -2.04. The molecule has 1 aromatic heterocycles. The molecule has 4 nitrogen and oxygen atoms in total. The van der Waals surface area contributed by atoms with E-state index in [9.17, 15) is 5.11 Å². The summed E-state index contributed by atoms with van der Waals surface area (Å²) in [7, 11) is 0. The van der Waals surface area contributed by atoms with Crippen molar-refractivity contribution in [1.29, 1.82) is 0 Å². The number of phenols is 1. The normalized spacial score (nSPS) is 16.0. The minimum atomic E-state index is 0.236. The molecule has 5 heteroatoms. The zero-order chi connectivity index (χ0) is 13.1. The largest absolute Gasteiger partial charge is 0.508 e. The van der Waals surface area contributed by atoms with Crippen LogP contribution in [0.4, 0.5) is 0 Å². The molecule has 1 heterocycles. The molecule has 0 aliphatic heterocycles. The number of nitrogens with zero attached hydrogens (tertiary/aromatic N) is 2. The van der Waals surface area contributed by atoms with E-state index in [1.54, 1.807) is 24.3 Å². The first-order chi connectivity index (χ1) is 9.31. The van der Waals surface area contributed by atoms with Crippen LogP contribution in [-0.2, 0) is 5.75 Å². The minimum absolute atomic E-state index is 0.236. The van der Waals surface area contributed by atoms with Crippen molar-refractivity contribution in [1.82, 2.24) is 10.1 Å². The maximum Gasteiger partial charge on any atom is 0.257 e. The summed E-state index contributed by atoms with van der Waals surface area (Å²) in [6.45, 7) is 0. The van der Waals surface area contributed by atoms with Gasteiger partial charge in [0.15, 0.2) is 5.82 Å². The molecule has 1 saturated carbocycles. The number of aromatic hydroxyl groups is 1. The molecule has 1 aliphatic rings. The van der Waals surface area contributed by atoms with Gasteiger partial charge in [-0.15, -0.1) is 0 Å². The fourth-order valence-corrected chi connectivity index (χ4v) is 3.45. The summed E-state index contributed by atoms with van der Waals surface area (Å²) in [5.74, 6) is 2.31. The molecular formula is C14H16N2O2S. The molecule has 0 bridgehead atoms. The molecule has 3 rings (SSSR count). The molecule has 0 radical (unpaired) electrons. The Kier molecular flexibility index (Phi) is 3.73. The van der Waals surface area contributed by atoms with E-state index in [0.717, 1.165) is 22.4 Å². The lowest BCUT2D eigenvalue weighted by molar-refractivity contribution is 0.425. The van der Waals surface area contributed by atoms with Gasteiger partial charge in [-0.3, -0.25) is 0 Å². The number of phenolic OH excluding ortho intramolecular Hbond substituents is 1. The topological polar surface area (TPSA) is 59.2 Å². The van der Waals surface area contributed by atoms with Crippen LogP contribution < -0.4 is 0 Å². The quantitative estimate of drug-likeness (QED) is 0.924. The van der Waals surface area contributed by atoms with Crippen molar-refractivity contribution in [3.05, 3.63) is 30.1 Å². The molecule has 0 amide bonds. The molecule has 1 fully saturated rings. The van der Waals surface area contributed by atoms with Gasteiger partial charge in [-0.25, -0.2) is 0 Å². The summed E-state index contributed by atoms with van der Waals surface area (Å²) < 4.78 is 5.25. The predicted molar refractivity (Wildman–Crippen MR) is 74.9 cm³/mol. The Balaban J connectivity index is 1.63. The average molecular weight is 276 g/mol. The van der Waals surface area contributed by atoms with Crippen LogP contribution in [0.15, 0.2) is 28.8 Å². The summed E-state index contributed by atoms with van der Waals surface area (Å²) >= 11 is 1.92. The standard InChI is InChI=1S/C14H16N2O2S/c17-11-7-5-10(6-8-11)14-15-13(16-18-14)9-19-12-3-1-2-4-12/h5-8,12,17H,1-4,9H2. The third-order valence-electron chi connectivity index (χ3n) is 3.33. The second kappa shape index (κ2) is 5.65. The Morgan fingerprint density at radius 2 is 1.95 bits per heavy atom. The van der Waals surface area contributed by atoms with Gasteiger partial charge in [0.05, 0.1) is 5.75 Å². The molecule has 0 atom stereocenters. The van der Waals surface area contributed by atoms with E-state index >= 15 is 0 Å². The smallest absolute Gasteiger partial charge is 0.257 e. The zero-order valence-electron chi connectivity index (χ0n) is 10.6. The highest BCUT2D eigenvalue weighted by atomic mass is 32.2. The van der Waals surface area contributed by atoms with E-state index in [1.165, 1.54) is 25.7 Å². The number of rotatable bonds is 4. The first-order valence-corrected chi connectivity index (χ1v) is 7.60. The highest BCUT2D eigenvalue weighted by Gasteiger charge is 2.17. The van der Waals surface area contributed by atoms with Gasteiger partial charge in [0.25, 0.3) is 5.89 Å². The molecule has 1 aromatic carbocycles. The van der Waals surface area contributed by atoms with Crippen molar-refractivity contribution >= 4 is 11.8 Å². The molecule has 0 unspecified atom stereocenters. The van der Waals surface area contributed by atoms with E-state index in [2.05, 4.69) is 10.1 Å². The van der Waals surface area contributed by atoms with Gasteiger partial charge in [-0.2, -0.15) is 16.7 Å². The fraction of sp³-hybridized carbons (Fsp3) is 0.429. The maximum absolute atomic E-state index is 9.24. The Morgan fingerprint density at radius 3 is 2.68 bits per heavy atom. The van der Waals surface area contributed by atoms with E-state index in [0.29, 0.717) is 5.89 Å². The highest BCUT2D eigenvalue weighted by Crippen LogP contribution is 2.31. The van der Waals surface area contributed by atoms with Crippen molar-refractivity contribution in [2.45, 2.75) is 36.7 Å². The van der Waals surface area contributed by atoms with E-state index in [1.807, 2.05) is 11.8 Å². The molecule has 19 heavy (non-hydrogen) atoms. The number of aromatic nitrogens is 2. The van der Waals surface area contributed by atoms with Gasteiger partial charge in [0.2, 0.25) is 0 Å². The summed E-state index contributed by atoms with van der Waals surface area (Å²) in [5.41, 5.74) is 0.836. The summed E-state index contributed by atoms with van der Waals surface area (Å²) in [6.07, 6.45) is 5.33. The van der Waals surface area contributed by atoms with E-state index in [4.69, 9.17) is 4.52 Å². The van der Waals surface area contributed by atoms with Crippen LogP contribution >= 0.6 is 11.8 Å². The molecule has 0 spiro atoms. The van der Waals surface area contributed by atoms with Crippen molar-refractivity contribution in [3.63, 3.8) is 0 Å². The molecule has 0 saturated heterocycles. The molecule has 1 aliphatic carbocycles. The van der Waals surface area contributed by atoms with Gasteiger partial charge in [0, 0.05) is 10.8 Å². The summed E-state index contributed by atoms with van der Waals surface area (Å²) in [6, 6.07) is 6.78. The van der Waals surface area contributed by atoms with Crippen molar-refractivity contribution < 1.29 is 9.63 Å². The number of hydrogen-bond donors (Lipinski definition) is 1. The van der Waals surface area contributed by atoms with Crippen LogP contribution in [0, 0.1) is 0 Å². The van der Waals surface area contributed by atoms with E-state index in [-0.39, 0.29) is 5.75 Å². The highest BCUT2D eigenvalue weighted by molar-refractivity contribution is 7.99.